The van der Waals surface area contributed by atoms with Crippen molar-refractivity contribution < 1.29 is 28.5 Å². The minimum atomic E-state index is -0.626. The Morgan fingerprint density at radius 2 is 1.65 bits per heavy atom. The van der Waals surface area contributed by atoms with E-state index in [1.165, 1.54) is 0 Å². The zero-order chi connectivity index (χ0) is 30.5. The van der Waals surface area contributed by atoms with Gasteiger partial charge < -0.3 is 24.3 Å². The van der Waals surface area contributed by atoms with Crippen molar-refractivity contribution in [3.63, 3.8) is 0 Å². The van der Waals surface area contributed by atoms with E-state index in [-0.39, 0.29) is 17.8 Å². The average Bonchev–Trinajstić information content (AvgIpc) is 3.03. The van der Waals surface area contributed by atoms with Crippen LogP contribution in [0, 0.1) is 0 Å². The quantitative estimate of drug-likeness (QED) is 0.259. The molecule has 0 radical (unpaired) electrons. The second kappa shape index (κ2) is 13.2. The van der Waals surface area contributed by atoms with Crippen LogP contribution in [0.4, 0.5) is 0 Å². The van der Waals surface area contributed by atoms with Crippen molar-refractivity contribution in [1.82, 2.24) is 5.32 Å². The maximum absolute atomic E-state index is 14.1. The highest BCUT2D eigenvalue weighted by atomic mass is 16.5. The van der Waals surface area contributed by atoms with E-state index >= 15 is 0 Å². The van der Waals surface area contributed by atoms with E-state index < -0.39 is 11.9 Å². The zero-order valence-corrected chi connectivity index (χ0v) is 25.4. The molecule has 3 atom stereocenters. The van der Waals surface area contributed by atoms with Crippen LogP contribution in [-0.2, 0) is 20.9 Å². The van der Waals surface area contributed by atoms with Gasteiger partial charge in [-0.3, -0.25) is 4.79 Å². The molecule has 0 saturated carbocycles. The lowest BCUT2D eigenvalue weighted by Crippen LogP contribution is -2.36. The van der Waals surface area contributed by atoms with Gasteiger partial charge in [0, 0.05) is 29.0 Å². The van der Waals surface area contributed by atoms with Crippen LogP contribution in [0.25, 0.3) is 0 Å². The molecule has 0 bridgehead atoms. The number of para-hydroxylation sites is 1. The van der Waals surface area contributed by atoms with Crippen molar-refractivity contribution >= 4 is 11.8 Å². The summed E-state index contributed by atoms with van der Waals surface area (Å²) >= 11 is 0. The Morgan fingerprint density at radius 3 is 2.37 bits per heavy atom. The van der Waals surface area contributed by atoms with Gasteiger partial charge in [-0.05, 0) is 61.9 Å². The number of methoxy groups -OCH3 is 2. The minimum absolute atomic E-state index is 0.0160. The molecule has 1 N–H and O–H groups in total. The number of esters is 1. The monoisotopic (exact) mass is 581 g/mol. The predicted octanol–water partition coefficient (Wildman–Crippen LogP) is 6.99. The van der Waals surface area contributed by atoms with Gasteiger partial charge in [0.15, 0.2) is 17.3 Å². The lowest BCUT2D eigenvalue weighted by Gasteiger charge is -2.37. The highest BCUT2D eigenvalue weighted by molar-refractivity contribution is 6.04. The summed E-state index contributed by atoms with van der Waals surface area (Å²) in [6.07, 6.45) is 1.33. The first-order valence-electron chi connectivity index (χ1n) is 14.8. The fourth-order valence-electron chi connectivity index (χ4n) is 5.88. The van der Waals surface area contributed by atoms with Crippen LogP contribution in [-0.4, -0.2) is 32.1 Å². The molecule has 0 fully saturated rings. The fraction of sp³-hybridized carbons (Fsp3) is 0.333. The molecular formula is C36H39NO6. The number of allylic oxidation sites excluding steroid dienone is 3. The lowest BCUT2D eigenvalue weighted by atomic mass is 9.71. The molecule has 5 rings (SSSR count). The third-order valence-electron chi connectivity index (χ3n) is 8.28. The van der Waals surface area contributed by atoms with E-state index in [1.807, 2.05) is 93.6 Å². The van der Waals surface area contributed by atoms with Gasteiger partial charge in [0.25, 0.3) is 0 Å². The number of ketones is 1. The summed E-state index contributed by atoms with van der Waals surface area (Å²) in [5, 5.41) is 3.44. The van der Waals surface area contributed by atoms with Crippen LogP contribution in [0.1, 0.15) is 68.6 Å². The zero-order valence-electron chi connectivity index (χ0n) is 25.4. The number of carbonyl (C=O) groups excluding carboxylic acids is 2. The molecule has 3 aromatic rings. The number of benzene rings is 3. The highest BCUT2D eigenvalue weighted by Gasteiger charge is 2.42. The Kier molecular flexibility index (Phi) is 9.19. The summed E-state index contributed by atoms with van der Waals surface area (Å²) in [4.78, 5) is 27.9. The van der Waals surface area contributed by atoms with Crippen LogP contribution in [0.2, 0.25) is 0 Å². The Balaban J connectivity index is 1.56. The van der Waals surface area contributed by atoms with Crippen molar-refractivity contribution in [2.45, 2.75) is 64.6 Å². The number of hydrogen-bond acceptors (Lipinski definition) is 7. The van der Waals surface area contributed by atoms with E-state index in [2.05, 4.69) is 5.32 Å². The van der Waals surface area contributed by atoms with Crippen molar-refractivity contribution in [3.05, 3.63) is 112 Å². The topological polar surface area (TPSA) is 83.1 Å². The van der Waals surface area contributed by atoms with Crippen LogP contribution in [0.15, 0.2) is 95.3 Å². The van der Waals surface area contributed by atoms with E-state index in [1.54, 1.807) is 14.2 Å². The second-order valence-corrected chi connectivity index (χ2v) is 11.1. The van der Waals surface area contributed by atoms with Gasteiger partial charge in [0.05, 0.1) is 31.8 Å². The number of hydrogen-bond donors (Lipinski definition) is 1. The first-order chi connectivity index (χ1) is 20.8. The number of carbonyl (C=O) groups is 2. The summed E-state index contributed by atoms with van der Waals surface area (Å²) in [5.41, 5.74) is 5.30. The van der Waals surface area contributed by atoms with Gasteiger partial charge >= 0.3 is 5.97 Å². The maximum Gasteiger partial charge on any atom is 0.337 e. The molecule has 224 valence electrons. The molecule has 3 aromatic carbocycles. The minimum Gasteiger partial charge on any atom is -0.493 e. The van der Waals surface area contributed by atoms with Gasteiger partial charge in [-0.25, -0.2) is 4.79 Å². The SMILES string of the molecule is CC[C@@H](C)OC(=O)C1=C(C)NC2=C(C(=O)C[C@H](c3ccc(OC)c(OC)c3)C2)[C@@H]1c1ccccc1OCc1ccccc1. The van der Waals surface area contributed by atoms with Crippen LogP contribution < -0.4 is 19.5 Å². The molecule has 7 nitrogen and oxygen atoms in total. The molecule has 7 heteroatoms. The van der Waals surface area contributed by atoms with Gasteiger partial charge in [0.1, 0.15) is 12.4 Å². The van der Waals surface area contributed by atoms with Crippen LogP contribution >= 0.6 is 0 Å². The van der Waals surface area contributed by atoms with E-state index in [4.69, 9.17) is 18.9 Å². The number of ether oxygens (including phenoxy) is 4. The van der Waals surface area contributed by atoms with Crippen molar-refractivity contribution in [3.8, 4) is 17.2 Å². The number of nitrogens with one attached hydrogen (secondary N) is 1. The molecule has 1 aliphatic heterocycles. The number of rotatable bonds is 10. The summed E-state index contributed by atoms with van der Waals surface area (Å²) < 4.78 is 23.1. The fourth-order valence-corrected chi connectivity index (χ4v) is 5.88. The van der Waals surface area contributed by atoms with Gasteiger partial charge in [-0.2, -0.15) is 0 Å². The lowest BCUT2D eigenvalue weighted by molar-refractivity contribution is -0.144. The first-order valence-corrected chi connectivity index (χ1v) is 14.8. The highest BCUT2D eigenvalue weighted by Crippen LogP contribution is 2.48. The molecule has 0 unspecified atom stereocenters. The molecule has 2 aliphatic rings. The maximum atomic E-state index is 14.1. The van der Waals surface area contributed by atoms with Gasteiger partial charge in [-0.15, -0.1) is 0 Å². The van der Waals surface area contributed by atoms with Gasteiger partial charge in [0.2, 0.25) is 0 Å². The molecule has 1 heterocycles. The molecule has 0 aromatic heterocycles. The van der Waals surface area contributed by atoms with E-state index in [0.717, 1.165) is 22.4 Å². The summed E-state index contributed by atoms with van der Waals surface area (Å²) in [5.74, 6) is 0.753. The number of dihydropyridines is 1. The standard InChI is InChI=1S/C36H39NO6/c1-6-22(2)43-36(39)33-23(3)37-28-18-26(25-16-17-31(40-4)32(20-25)41-5)19-29(38)35(28)34(33)27-14-10-11-15-30(27)42-21-24-12-8-7-9-13-24/h7-17,20,22,26,34,37H,6,18-19,21H2,1-5H3/t22-,26-,34-/m1/s1. The Bertz CT molecular complexity index is 1560. The van der Waals surface area contributed by atoms with Crippen LogP contribution in [0.3, 0.4) is 0 Å². The van der Waals surface area contributed by atoms with E-state index in [0.29, 0.717) is 60.0 Å². The third kappa shape index (κ3) is 6.31. The normalized spacial score (nSPS) is 18.9. The second-order valence-electron chi connectivity index (χ2n) is 11.1. The molecule has 1 aliphatic carbocycles. The summed E-state index contributed by atoms with van der Waals surface area (Å²) in [6, 6.07) is 23.4. The summed E-state index contributed by atoms with van der Waals surface area (Å²) in [7, 11) is 3.21. The largest absolute Gasteiger partial charge is 0.493 e. The third-order valence-corrected chi connectivity index (χ3v) is 8.28. The molecule has 0 spiro atoms. The Labute approximate surface area is 253 Å². The predicted molar refractivity (Wildman–Crippen MR) is 165 cm³/mol. The molecule has 0 saturated heterocycles. The van der Waals surface area contributed by atoms with E-state index in [9.17, 15) is 9.59 Å². The summed E-state index contributed by atoms with van der Waals surface area (Å²) in [6.45, 7) is 6.09. The van der Waals surface area contributed by atoms with Crippen molar-refractivity contribution in [2.24, 2.45) is 0 Å². The van der Waals surface area contributed by atoms with Crippen molar-refractivity contribution in [2.75, 3.05) is 14.2 Å². The van der Waals surface area contributed by atoms with Crippen LogP contribution in [0.5, 0.6) is 17.2 Å². The number of Topliss-reactive ketones (excluding diaryl/α,β-unsaturated/α-hetero) is 1. The Morgan fingerprint density at radius 1 is 0.930 bits per heavy atom. The average molecular weight is 582 g/mol. The molecule has 43 heavy (non-hydrogen) atoms. The van der Waals surface area contributed by atoms with Crippen molar-refractivity contribution in [1.29, 1.82) is 0 Å². The molecular weight excluding hydrogens is 542 g/mol. The molecule has 0 amide bonds. The smallest absolute Gasteiger partial charge is 0.337 e. The first kappa shape index (κ1) is 30.0. The Hall–Kier alpha value is -4.52. The van der Waals surface area contributed by atoms with Gasteiger partial charge in [-0.1, -0.05) is 61.5 Å².